The fourth-order valence-corrected chi connectivity index (χ4v) is 2.81. The second-order valence-corrected chi connectivity index (χ2v) is 6.02. The Balaban J connectivity index is 1.63. The lowest BCUT2D eigenvalue weighted by Crippen LogP contribution is -2.20. The topological polar surface area (TPSA) is 73.0 Å². The molecule has 4 aromatic rings. The van der Waals surface area contributed by atoms with Gasteiger partial charge in [-0.15, -0.1) is 0 Å². The molecule has 0 saturated carbocycles. The third-order valence-electron chi connectivity index (χ3n) is 4.11. The van der Waals surface area contributed by atoms with Gasteiger partial charge in [-0.25, -0.2) is 9.67 Å². The van der Waals surface area contributed by atoms with Crippen molar-refractivity contribution in [3.8, 4) is 17.1 Å². The molecule has 29 heavy (non-hydrogen) atoms. The molecule has 1 amide bonds. The molecule has 2 aromatic carbocycles. The average Bonchev–Trinajstić information content (AvgIpc) is 3.39. The number of hydrogen-bond donors (Lipinski definition) is 1. The van der Waals surface area contributed by atoms with Gasteiger partial charge >= 0.3 is 6.18 Å². The normalized spacial score (nSPS) is 11.4. The van der Waals surface area contributed by atoms with E-state index in [4.69, 9.17) is 4.42 Å². The Labute approximate surface area is 162 Å². The van der Waals surface area contributed by atoms with Crippen LogP contribution in [0.2, 0.25) is 0 Å². The minimum absolute atomic E-state index is 0.203. The van der Waals surface area contributed by atoms with Crippen molar-refractivity contribution < 1.29 is 22.4 Å². The van der Waals surface area contributed by atoms with Crippen LogP contribution in [0.1, 0.15) is 16.1 Å². The summed E-state index contributed by atoms with van der Waals surface area (Å²) in [5.41, 5.74) is -0.517. The van der Waals surface area contributed by atoms with E-state index in [-0.39, 0.29) is 5.69 Å². The average molecular weight is 398 g/mol. The Kier molecular flexibility index (Phi) is 4.63. The first-order valence-corrected chi connectivity index (χ1v) is 8.45. The van der Waals surface area contributed by atoms with Gasteiger partial charge in [0.25, 0.3) is 5.91 Å². The molecule has 0 aliphatic heterocycles. The smallest absolute Gasteiger partial charge is 0.434 e. The first-order valence-electron chi connectivity index (χ1n) is 8.45. The minimum Gasteiger partial charge on any atom is -0.445 e. The third-order valence-corrected chi connectivity index (χ3v) is 4.11. The molecule has 0 spiro atoms. The molecule has 0 aliphatic carbocycles. The third kappa shape index (κ3) is 3.75. The van der Waals surface area contributed by atoms with Crippen LogP contribution in [0.25, 0.3) is 17.1 Å². The molecule has 4 rings (SSSR count). The van der Waals surface area contributed by atoms with E-state index in [9.17, 15) is 18.0 Å². The quantitative estimate of drug-likeness (QED) is 0.536. The monoisotopic (exact) mass is 398 g/mol. The van der Waals surface area contributed by atoms with Crippen molar-refractivity contribution >= 4 is 11.6 Å². The molecule has 0 atom stereocenters. The molecule has 0 unspecified atom stereocenters. The minimum atomic E-state index is -4.77. The number of para-hydroxylation sites is 1. The van der Waals surface area contributed by atoms with Crippen molar-refractivity contribution in [2.75, 3.05) is 5.32 Å². The number of rotatable bonds is 4. The van der Waals surface area contributed by atoms with Crippen LogP contribution in [0.15, 0.2) is 77.7 Å². The summed E-state index contributed by atoms with van der Waals surface area (Å²) in [5.74, 6) is -0.519. The van der Waals surface area contributed by atoms with Crippen LogP contribution in [0.4, 0.5) is 18.9 Å². The van der Waals surface area contributed by atoms with E-state index >= 15 is 0 Å². The lowest BCUT2D eigenvalue weighted by molar-refractivity contribution is -0.143. The van der Waals surface area contributed by atoms with Crippen LogP contribution >= 0.6 is 0 Å². The standard InChI is InChI=1S/C20H13F3N4O2/c21-20(22,23)17-16(12-25-27(17)15-4-2-1-3-5-15)18(28)26-14-8-6-13(7-9-14)19-24-10-11-29-19/h1-12H,(H,26,28). The highest BCUT2D eigenvalue weighted by molar-refractivity contribution is 6.05. The second kappa shape index (κ2) is 7.27. The lowest BCUT2D eigenvalue weighted by atomic mass is 10.2. The molecule has 146 valence electrons. The van der Waals surface area contributed by atoms with Gasteiger partial charge in [0.15, 0.2) is 5.69 Å². The number of benzene rings is 2. The summed E-state index contributed by atoms with van der Waals surface area (Å²) in [4.78, 5) is 16.5. The maximum absolute atomic E-state index is 13.7. The molecule has 0 fully saturated rings. The number of alkyl halides is 3. The summed E-state index contributed by atoms with van der Waals surface area (Å²) in [6.07, 6.45) is -0.942. The number of halogens is 3. The van der Waals surface area contributed by atoms with Gasteiger partial charge in [-0.05, 0) is 36.4 Å². The van der Waals surface area contributed by atoms with Gasteiger partial charge in [-0.1, -0.05) is 18.2 Å². The largest absolute Gasteiger partial charge is 0.445 e. The lowest BCUT2D eigenvalue weighted by Gasteiger charge is -2.13. The van der Waals surface area contributed by atoms with E-state index in [2.05, 4.69) is 15.4 Å². The number of aromatic nitrogens is 3. The number of nitrogens with one attached hydrogen (secondary N) is 1. The van der Waals surface area contributed by atoms with Gasteiger partial charge < -0.3 is 9.73 Å². The maximum atomic E-state index is 13.7. The molecule has 0 radical (unpaired) electrons. The van der Waals surface area contributed by atoms with Crippen molar-refractivity contribution in [3.05, 3.63) is 84.5 Å². The number of carbonyl (C=O) groups is 1. The van der Waals surface area contributed by atoms with Crippen LogP contribution in [-0.2, 0) is 6.18 Å². The number of hydrogen-bond acceptors (Lipinski definition) is 4. The number of nitrogens with zero attached hydrogens (tertiary/aromatic N) is 3. The zero-order valence-electron chi connectivity index (χ0n) is 14.7. The molecule has 6 nitrogen and oxygen atoms in total. The Bertz CT molecular complexity index is 1120. The van der Waals surface area contributed by atoms with E-state index in [0.717, 1.165) is 6.20 Å². The van der Waals surface area contributed by atoms with E-state index in [1.54, 1.807) is 42.5 Å². The van der Waals surface area contributed by atoms with Crippen molar-refractivity contribution in [3.63, 3.8) is 0 Å². The van der Waals surface area contributed by atoms with Gasteiger partial charge in [-0.3, -0.25) is 4.79 Å². The number of carbonyl (C=O) groups excluding carboxylic acids is 1. The van der Waals surface area contributed by atoms with Gasteiger partial charge in [0.05, 0.1) is 23.6 Å². The molecule has 9 heteroatoms. The second-order valence-electron chi connectivity index (χ2n) is 6.02. The van der Waals surface area contributed by atoms with Crippen LogP contribution in [-0.4, -0.2) is 20.7 Å². The number of oxazole rings is 1. The van der Waals surface area contributed by atoms with Gasteiger partial charge in [-0.2, -0.15) is 18.3 Å². The zero-order chi connectivity index (χ0) is 20.4. The van der Waals surface area contributed by atoms with E-state index in [0.29, 0.717) is 21.8 Å². The first-order chi connectivity index (χ1) is 13.9. The van der Waals surface area contributed by atoms with Crippen LogP contribution in [0.5, 0.6) is 0 Å². The van der Waals surface area contributed by atoms with Crippen LogP contribution in [0, 0.1) is 0 Å². The fourth-order valence-electron chi connectivity index (χ4n) is 2.81. The molecule has 1 N–H and O–H groups in total. The van der Waals surface area contributed by atoms with Crippen LogP contribution < -0.4 is 5.32 Å². The van der Waals surface area contributed by atoms with Crippen molar-refractivity contribution in [1.82, 2.24) is 14.8 Å². The van der Waals surface area contributed by atoms with Crippen molar-refractivity contribution in [2.45, 2.75) is 6.18 Å². The summed E-state index contributed by atoms with van der Waals surface area (Å²) in [7, 11) is 0. The van der Waals surface area contributed by atoms with Gasteiger partial charge in [0.1, 0.15) is 6.26 Å². The molecular weight excluding hydrogens is 385 g/mol. The predicted molar refractivity (Wildman–Crippen MR) is 98.5 cm³/mol. The highest BCUT2D eigenvalue weighted by Crippen LogP contribution is 2.34. The van der Waals surface area contributed by atoms with Crippen LogP contribution in [0.3, 0.4) is 0 Å². The molecule has 0 saturated heterocycles. The summed E-state index contributed by atoms with van der Waals surface area (Å²) in [5, 5.41) is 6.24. The van der Waals surface area contributed by atoms with E-state index < -0.39 is 23.3 Å². The van der Waals surface area contributed by atoms with E-state index in [1.807, 2.05) is 0 Å². The van der Waals surface area contributed by atoms with Crippen molar-refractivity contribution in [2.24, 2.45) is 0 Å². The highest BCUT2D eigenvalue weighted by atomic mass is 19.4. The highest BCUT2D eigenvalue weighted by Gasteiger charge is 2.40. The zero-order valence-corrected chi connectivity index (χ0v) is 14.7. The summed E-state index contributed by atoms with van der Waals surface area (Å²) >= 11 is 0. The Hall–Kier alpha value is -3.88. The number of anilines is 1. The first kappa shape index (κ1) is 18.5. The molecule has 2 heterocycles. The van der Waals surface area contributed by atoms with E-state index in [1.165, 1.54) is 24.6 Å². The van der Waals surface area contributed by atoms with Gasteiger partial charge in [0.2, 0.25) is 5.89 Å². The Morgan fingerprint density at radius 3 is 2.38 bits per heavy atom. The molecular formula is C20H13F3N4O2. The molecule has 2 aromatic heterocycles. The van der Waals surface area contributed by atoms with Crippen molar-refractivity contribution in [1.29, 1.82) is 0 Å². The maximum Gasteiger partial charge on any atom is 0.434 e. The SMILES string of the molecule is O=C(Nc1ccc(-c2ncco2)cc1)c1cnn(-c2ccccc2)c1C(F)(F)F. The molecule has 0 bridgehead atoms. The molecule has 0 aliphatic rings. The predicted octanol–water partition coefficient (Wildman–Crippen LogP) is 4.80. The summed E-state index contributed by atoms with van der Waals surface area (Å²) in [6, 6.07) is 14.2. The Morgan fingerprint density at radius 1 is 1.03 bits per heavy atom. The number of amides is 1. The summed E-state index contributed by atoms with van der Waals surface area (Å²) < 4.78 is 46.9. The van der Waals surface area contributed by atoms with Gasteiger partial charge in [0, 0.05) is 11.3 Å². The Morgan fingerprint density at radius 2 is 1.76 bits per heavy atom. The fraction of sp³-hybridized carbons (Fsp3) is 0.0500. The summed E-state index contributed by atoms with van der Waals surface area (Å²) in [6.45, 7) is 0.